The molecule has 1 aliphatic rings. The van der Waals surface area contributed by atoms with E-state index in [1.54, 1.807) is 23.9 Å². The second kappa shape index (κ2) is 3.61. The molecule has 4 rings (SSSR count). The average Bonchev–Trinajstić information content (AvgIpc) is 2.86. The van der Waals surface area contributed by atoms with E-state index in [0.717, 1.165) is 21.0 Å². The summed E-state index contributed by atoms with van der Waals surface area (Å²) in [6.07, 6.45) is 2.41. The summed E-state index contributed by atoms with van der Waals surface area (Å²) >= 11 is 1.59. The van der Waals surface area contributed by atoms with Crippen LogP contribution in [0.3, 0.4) is 0 Å². The van der Waals surface area contributed by atoms with Crippen molar-refractivity contribution in [1.82, 2.24) is 14.5 Å². The first kappa shape index (κ1) is 10.2. The van der Waals surface area contributed by atoms with Gasteiger partial charge in [0.1, 0.15) is 6.33 Å². The summed E-state index contributed by atoms with van der Waals surface area (Å²) in [6, 6.07) is 7.98. The molecular weight excluding hydrogens is 250 g/mol. The summed E-state index contributed by atoms with van der Waals surface area (Å²) in [7, 11) is 0. The van der Waals surface area contributed by atoms with Gasteiger partial charge in [-0.2, -0.15) is 0 Å². The maximum atomic E-state index is 9.33. The summed E-state index contributed by atoms with van der Waals surface area (Å²) in [4.78, 5) is 8.66. The first-order valence-corrected chi connectivity index (χ1v) is 6.36. The third kappa shape index (κ3) is 1.47. The monoisotopic (exact) mass is 259 g/mol. The molecule has 0 aliphatic carbocycles. The van der Waals surface area contributed by atoms with Gasteiger partial charge in [-0.05, 0) is 12.1 Å². The highest BCUT2D eigenvalue weighted by atomic mass is 32.1. The van der Waals surface area contributed by atoms with Crippen LogP contribution in [0.25, 0.3) is 15.3 Å². The molecule has 1 N–H and O–H groups in total. The molecule has 0 radical (unpaired) electrons. The molecule has 1 saturated heterocycles. The fourth-order valence-electron chi connectivity index (χ4n) is 1.96. The number of hydrogen-bond acceptors (Lipinski definition) is 5. The number of fused-ring (bicyclic) bond motifs is 1. The van der Waals surface area contributed by atoms with Crippen LogP contribution in [0, 0.1) is 0 Å². The van der Waals surface area contributed by atoms with E-state index in [2.05, 4.69) is 9.97 Å². The molecule has 90 valence electrons. The highest BCUT2D eigenvalue weighted by Gasteiger charge is 2.41. The number of rotatable bonds is 2. The molecule has 0 amide bonds. The summed E-state index contributed by atoms with van der Waals surface area (Å²) in [5.41, 5.74) is 1.80. The van der Waals surface area contributed by atoms with Gasteiger partial charge in [0.25, 0.3) is 0 Å². The third-order valence-electron chi connectivity index (χ3n) is 2.92. The largest absolute Gasteiger partial charge is 0.365 e. The van der Waals surface area contributed by atoms with Crippen molar-refractivity contribution in [2.75, 3.05) is 0 Å². The SMILES string of the molecule is OC1OC1c1cncn1-c1nc2ccccc2s1. The molecule has 3 heterocycles. The minimum atomic E-state index is -0.713. The van der Waals surface area contributed by atoms with Gasteiger partial charge in [-0.3, -0.25) is 4.57 Å². The molecule has 2 atom stereocenters. The number of nitrogens with zero attached hydrogens (tertiary/aromatic N) is 3. The van der Waals surface area contributed by atoms with Crippen molar-refractivity contribution in [3.05, 3.63) is 42.5 Å². The van der Waals surface area contributed by atoms with Crippen molar-refractivity contribution in [3.8, 4) is 5.13 Å². The Hall–Kier alpha value is -1.76. The van der Waals surface area contributed by atoms with Crippen molar-refractivity contribution in [3.63, 3.8) is 0 Å². The topological polar surface area (TPSA) is 63.5 Å². The van der Waals surface area contributed by atoms with Crippen molar-refractivity contribution in [1.29, 1.82) is 0 Å². The highest BCUT2D eigenvalue weighted by molar-refractivity contribution is 7.20. The zero-order valence-electron chi connectivity index (χ0n) is 9.22. The predicted molar refractivity (Wildman–Crippen MR) is 66.6 cm³/mol. The van der Waals surface area contributed by atoms with Crippen molar-refractivity contribution in [2.45, 2.75) is 12.4 Å². The van der Waals surface area contributed by atoms with Gasteiger partial charge in [0.15, 0.2) is 17.5 Å². The molecule has 2 aromatic heterocycles. The summed E-state index contributed by atoms with van der Waals surface area (Å²) in [5, 5.41) is 10.2. The average molecular weight is 259 g/mol. The van der Waals surface area contributed by atoms with Gasteiger partial charge in [-0.15, -0.1) is 0 Å². The van der Waals surface area contributed by atoms with E-state index in [1.165, 1.54) is 0 Å². The van der Waals surface area contributed by atoms with E-state index >= 15 is 0 Å². The third-order valence-corrected chi connectivity index (χ3v) is 3.95. The van der Waals surface area contributed by atoms with Gasteiger partial charge in [0.05, 0.1) is 22.1 Å². The van der Waals surface area contributed by atoms with E-state index in [-0.39, 0.29) is 6.10 Å². The van der Waals surface area contributed by atoms with E-state index in [1.807, 2.05) is 28.8 Å². The lowest BCUT2D eigenvalue weighted by Gasteiger charge is -1.99. The second-order valence-electron chi connectivity index (χ2n) is 4.10. The van der Waals surface area contributed by atoms with E-state index in [4.69, 9.17) is 4.74 Å². The Kier molecular flexibility index (Phi) is 2.05. The molecule has 1 aliphatic heterocycles. The van der Waals surface area contributed by atoms with Crippen molar-refractivity contribution >= 4 is 21.6 Å². The molecule has 5 nitrogen and oxygen atoms in total. The molecule has 2 unspecified atom stereocenters. The Morgan fingerprint density at radius 1 is 1.33 bits per heavy atom. The number of aromatic nitrogens is 3. The highest BCUT2D eigenvalue weighted by Crippen LogP contribution is 2.38. The molecule has 3 aromatic rings. The number of aliphatic hydroxyl groups excluding tert-OH is 1. The van der Waals surface area contributed by atoms with Gasteiger partial charge >= 0.3 is 0 Å². The van der Waals surface area contributed by atoms with E-state index in [0.29, 0.717) is 0 Å². The minimum Gasteiger partial charge on any atom is -0.365 e. The van der Waals surface area contributed by atoms with Crippen molar-refractivity contribution in [2.24, 2.45) is 0 Å². The van der Waals surface area contributed by atoms with Crippen LogP contribution in [0.5, 0.6) is 0 Å². The molecule has 1 fully saturated rings. The summed E-state index contributed by atoms with van der Waals surface area (Å²) in [6.45, 7) is 0. The quantitative estimate of drug-likeness (QED) is 0.714. The normalized spacial score (nSPS) is 22.5. The number of benzene rings is 1. The maximum absolute atomic E-state index is 9.33. The number of epoxide rings is 1. The smallest absolute Gasteiger partial charge is 0.196 e. The molecular formula is C12H9N3O2S. The van der Waals surface area contributed by atoms with Gasteiger partial charge in [0, 0.05) is 0 Å². The minimum absolute atomic E-state index is 0.278. The number of hydrogen-bond donors (Lipinski definition) is 1. The number of thiazole rings is 1. The Balaban J connectivity index is 1.85. The molecule has 0 saturated carbocycles. The van der Waals surface area contributed by atoms with Gasteiger partial charge in [-0.25, -0.2) is 9.97 Å². The first-order chi connectivity index (χ1) is 8.83. The number of imidazole rings is 1. The molecule has 18 heavy (non-hydrogen) atoms. The fourth-order valence-corrected chi connectivity index (χ4v) is 2.92. The Bertz CT molecular complexity index is 688. The van der Waals surface area contributed by atoms with Crippen LogP contribution < -0.4 is 0 Å². The van der Waals surface area contributed by atoms with Gasteiger partial charge < -0.3 is 9.84 Å². The van der Waals surface area contributed by atoms with Crippen LogP contribution in [0.2, 0.25) is 0 Å². The first-order valence-electron chi connectivity index (χ1n) is 5.54. The Labute approximate surface area is 106 Å². The molecule has 1 aromatic carbocycles. The standard InChI is InChI=1S/C12H9N3O2S/c16-11-10(17-11)8-5-13-6-15(8)12-14-7-3-1-2-4-9(7)18-12/h1-6,10-11,16H. The fraction of sp³-hybridized carbons (Fsp3) is 0.167. The molecule has 0 spiro atoms. The van der Waals surface area contributed by atoms with E-state index in [9.17, 15) is 5.11 Å². The Morgan fingerprint density at radius 2 is 2.17 bits per heavy atom. The zero-order chi connectivity index (χ0) is 12.1. The van der Waals surface area contributed by atoms with E-state index < -0.39 is 6.29 Å². The predicted octanol–water partition coefficient (Wildman–Crippen LogP) is 1.87. The van der Waals surface area contributed by atoms with Crippen LogP contribution in [-0.4, -0.2) is 25.9 Å². The lowest BCUT2D eigenvalue weighted by atomic mass is 10.3. The molecule has 6 heteroatoms. The van der Waals surface area contributed by atoms with Crippen LogP contribution >= 0.6 is 11.3 Å². The van der Waals surface area contributed by atoms with Gasteiger partial charge in [0.2, 0.25) is 0 Å². The lowest BCUT2D eigenvalue weighted by molar-refractivity contribution is 0.156. The summed E-state index contributed by atoms with van der Waals surface area (Å²) < 4.78 is 8.06. The second-order valence-corrected chi connectivity index (χ2v) is 5.11. The number of aliphatic hydroxyl groups is 1. The van der Waals surface area contributed by atoms with Gasteiger partial charge in [-0.1, -0.05) is 23.5 Å². The summed E-state index contributed by atoms with van der Waals surface area (Å²) in [5.74, 6) is 0. The van der Waals surface area contributed by atoms with Crippen LogP contribution in [-0.2, 0) is 4.74 Å². The lowest BCUT2D eigenvalue weighted by Crippen LogP contribution is -1.98. The zero-order valence-corrected chi connectivity index (χ0v) is 10.0. The van der Waals surface area contributed by atoms with Crippen LogP contribution in [0.1, 0.15) is 11.8 Å². The number of para-hydroxylation sites is 1. The Morgan fingerprint density at radius 3 is 2.94 bits per heavy atom. The van der Waals surface area contributed by atoms with Crippen LogP contribution in [0.4, 0.5) is 0 Å². The maximum Gasteiger partial charge on any atom is 0.196 e. The van der Waals surface area contributed by atoms with Crippen LogP contribution in [0.15, 0.2) is 36.8 Å². The van der Waals surface area contributed by atoms with Crippen molar-refractivity contribution < 1.29 is 9.84 Å². The number of ether oxygens (including phenoxy) is 1. The molecule has 0 bridgehead atoms.